The molecule has 1 aliphatic rings. The van der Waals surface area contributed by atoms with E-state index >= 15 is 0 Å². The van der Waals surface area contributed by atoms with Crippen LogP contribution in [0.2, 0.25) is 0 Å². The third-order valence-electron chi connectivity index (χ3n) is 3.54. The molecule has 0 radical (unpaired) electrons. The van der Waals surface area contributed by atoms with Crippen molar-refractivity contribution in [1.29, 1.82) is 0 Å². The largest absolute Gasteiger partial charge is 0.345 e. The third-order valence-corrected chi connectivity index (χ3v) is 5.16. The van der Waals surface area contributed by atoms with Gasteiger partial charge in [0.2, 0.25) is 0 Å². The topological polar surface area (TPSA) is 29.5 Å². The molecule has 1 heterocycles. The zero-order chi connectivity index (χ0) is 16.2. The minimum atomic E-state index is -0.582. The summed E-state index contributed by atoms with van der Waals surface area (Å²) >= 11 is 5.61. The second-order valence-corrected chi connectivity index (χ2v) is 6.82. The van der Waals surface area contributed by atoms with E-state index in [2.05, 4.69) is 12.6 Å². The molecular weight excluding hydrogens is 326 g/mol. The predicted octanol–water partition coefficient (Wildman–Crippen LogP) is 4.05. The number of nitrogens with zero attached hydrogens (tertiary/aromatic N) is 1. The standard InChI is InChI=1S/C18H17NO2S2/c1-19-16(22)12-15(20)18(23-19)21-17(13-8-4-2-5-9-13)14-10-6-3-7-11-14/h2-12,17-18,22H,1H3. The van der Waals surface area contributed by atoms with Gasteiger partial charge < -0.3 is 9.04 Å². The van der Waals surface area contributed by atoms with Gasteiger partial charge in [0.1, 0.15) is 6.10 Å². The van der Waals surface area contributed by atoms with Gasteiger partial charge in [-0.25, -0.2) is 0 Å². The van der Waals surface area contributed by atoms with Gasteiger partial charge in [-0.15, -0.1) is 12.6 Å². The molecule has 0 N–H and O–H groups in total. The molecule has 0 saturated heterocycles. The smallest absolute Gasteiger partial charge is 0.199 e. The molecule has 0 saturated carbocycles. The van der Waals surface area contributed by atoms with Crippen LogP contribution >= 0.6 is 24.6 Å². The van der Waals surface area contributed by atoms with Crippen LogP contribution in [0, 0.1) is 0 Å². The van der Waals surface area contributed by atoms with Crippen LogP contribution in [-0.4, -0.2) is 22.6 Å². The Balaban J connectivity index is 1.90. The van der Waals surface area contributed by atoms with Gasteiger partial charge in [-0.05, 0) is 23.1 Å². The summed E-state index contributed by atoms with van der Waals surface area (Å²) in [5, 5.41) is 0.635. The lowest BCUT2D eigenvalue weighted by molar-refractivity contribution is -0.122. The number of benzene rings is 2. The van der Waals surface area contributed by atoms with Crippen molar-refractivity contribution in [3.63, 3.8) is 0 Å². The van der Waals surface area contributed by atoms with Crippen LogP contribution in [0.25, 0.3) is 0 Å². The minimum absolute atomic E-state index is 0.0741. The van der Waals surface area contributed by atoms with Crippen LogP contribution in [-0.2, 0) is 9.53 Å². The normalized spacial score (nSPS) is 18.2. The molecule has 2 aromatic carbocycles. The first-order valence-corrected chi connectivity index (χ1v) is 8.54. The fraction of sp³-hybridized carbons (Fsp3) is 0.167. The molecule has 0 bridgehead atoms. The molecule has 1 aliphatic heterocycles. The quantitative estimate of drug-likeness (QED) is 0.670. The Labute approximate surface area is 145 Å². The fourth-order valence-corrected chi connectivity index (χ4v) is 3.41. The van der Waals surface area contributed by atoms with Gasteiger partial charge in [0.25, 0.3) is 0 Å². The van der Waals surface area contributed by atoms with Crippen molar-refractivity contribution < 1.29 is 9.53 Å². The molecule has 118 valence electrons. The minimum Gasteiger partial charge on any atom is -0.345 e. The van der Waals surface area contributed by atoms with Gasteiger partial charge in [-0.1, -0.05) is 60.7 Å². The van der Waals surface area contributed by atoms with Crippen molar-refractivity contribution in [2.75, 3.05) is 7.05 Å². The van der Waals surface area contributed by atoms with Crippen molar-refractivity contribution in [2.24, 2.45) is 0 Å². The maximum atomic E-state index is 12.3. The first-order valence-electron chi connectivity index (χ1n) is 7.25. The van der Waals surface area contributed by atoms with E-state index in [0.717, 1.165) is 11.1 Å². The number of ketones is 1. The SMILES string of the molecule is CN1SC(OC(c2ccccc2)c2ccccc2)C(=O)C=C1S. The molecule has 0 spiro atoms. The maximum absolute atomic E-state index is 12.3. The lowest BCUT2D eigenvalue weighted by atomic mass is 10.0. The summed E-state index contributed by atoms with van der Waals surface area (Å²) in [6.45, 7) is 0. The first-order chi connectivity index (χ1) is 11.1. The van der Waals surface area contributed by atoms with Gasteiger partial charge in [0.15, 0.2) is 11.2 Å². The molecule has 23 heavy (non-hydrogen) atoms. The van der Waals surface area contributed by atoms with Gasteiger partial charge in [-0.3, -0.25) is 4.79 Å². The number of ether oxygens (including phenoxy) is 1. The zero-order valence-corrected chi connectivity index (χ0v) is 14.3. The molecule has 1 unspecified atom stereocenters. The van der Waals surface area contributed by atoms with Crippen LogP contribution in [0.1, 0.15) is 17.2 Å². The van der Waals surface area contributed by atoms with Crippen molar-refractivity contribution in [3.8, 4) is 0 Å². The number of rotatable bonds is 4. The van der Waals surface area contributed by atoms with Crippen LogP contribution in [0.5, 0.6) is 0 Å². The average Bonchev–Trinajstić information content (AvgIpc) is 2.58. The number of carbonyl (C=O) groups excluding carboxylic acids is 1. The highest BCUT2D eigenvalue weighted by molar-refractivity contribution is 7.99. The van der Waals surface area contributed by atoms with E-state index in [4.69, 9.17) is 4.74 Å². The summed E-state index contributed by atoms with van der Waals surface area (Å²) in [5.74, 6) is -0.0741. The summed E-state index contributed by atoms with van der Waals surface area (Å²) < 4.78 is 8.02. The van der Waals surface area contributed by atoms with E-state index in [1.807, 2.05) is 72.0 Å². The van der Waals surface area contributed by atoms with Crippen LogP contribution in [0.15, 0.2) is 71.8 Å². The van der Waals surface area contributed by atoms with Crippen LogP contribution in [0.4, 0.5) is 0 Å². The molecule has 2 aromatic rings. The van der Waals surface area contributed by atoms with E-state index in [-0.39, 0.29) is 11.9 Å². The lowest BCUT2D eigenvalue weighted by Gasteiger charge is -2.30. The molecular formula is C18H17NO2S2. The van der Waals surface area contributed by atoms with Gasteiger partial charge >= 0.3 is 0 Å². The summed E-state index contributed by atoms with van der Waals surface area (Å²) in [6.07, 6.45) is 1.22. The molecule has 0 fully saturated rings. The monoisotopic (exact) mass is 343 g/mol. The van der Waals surface area contributed by atoms with Gasteiger partial charge in [-0.2, -0.15) is 0 Å². The molecule has 0 aromatic heterocycles. The fourth-order valence-electron chi connectivity index (χ4n) is 2.36. The maximum Gasteiger partial charge on any atom is 0.199 e. The summed E-state index contributed by atoms with van der Waals surface area (Å²) in [4.78, 5) is 12.3. The molecule has 0 amide bonds. The number of carbonyl (C=O) groups is 1. The van der Waals surface area contributed by atoms with Crippen molar-refractivity contribution in [2.45, 2.75) is 11.5 Å². The highest BCUT2D eigenvalue weighted by Gasteiger charge is 2.30. The Kier molecular flexibility index (Phi) is 5.10. The first kappa shape index (κ1) is 16.2. The van der Waals surface area contributed by atoms with E-state index < -0.39 is 5.44 Å². The Morgan fingerprint density at radius 3 is 2.09 bits per heavy atom. The highest BCUT2D eigenvalue weighted by atomic mass is 32.2. The highest BCUT2D eigenvalue weighted by Crippen LogP contribution is 2.35. The van der Waals surface area contributed by atoms with Crippen LogP contribution < -0.4 is 0 Å². The summed E-state index contributed by atoms with van der Waals surface area (Å²) in [6, 6.07) is 19.9. The molecule has 5 heteroatoms. The Bertz CT molecular complexity index is 664. The summed E-state index contributed by atoms with van der Waals surface area (Å²) in [5.41, 5.74) is 1.46. The van der Waals surface area contributed by atoms with Gasteiger partial charge in [0.05, 0.1) is 5.03 Å². The number of hydrogen-bond acceptors (Lipinski definition) is 5. The lowest BCUT2D eigenvalue weighted by Crippen LogP contribution is -2.30. The third kappa shape index (κ3) is 3.80. The van der Waals surface area contributed by atoms with Crippen molar-refractivity contribution in [3.05, 3.63) is 82.9 Å². The van der Waals surface area contributed by atoms with E-state index in [9.17, 15) is 4.79 Å². The van der Waals surface area contributed by atoms with Gasteiger partial charge in [0, 0.05) is 13.1 Å². The average molecular weight is 343 g/mol. The molecule has 3 rings (SSSR count). The van der Waals surface area contributed by atoms with Crippen LogP contribution in [0.3, 0.4) is 0 Å². The Morgan fingerprint density at radius 1 is 1.04 bits per heavy atom. The van der Waals surface area contributed by atoms with E-state index in [1.54, 1.807) is 0 Å². The molecule has 0 aliphatic carbocycles. The Hall–Kier alpha value is -1.69. The summed E-state index contributed by atoms with van der Waals surface area (Å²) in [7, 11) is 1.87. The predicted molar refractivity (Wildman–Crippen MR) is 97.0 cm³/mol. The van der Waals surface area contributed by atoms with E-state index in [1.165, 1.54) is 18.0 Å². The second-order valence-electron chi connectivity index (χ2n) is 5.18. The number of hydrogen-bond donors (Lipinski definition) is 1. The number of thiol groups is 1. The van der Waals surface area contributed by atoms with E-state index in [0.29, 0.717) is 5.03 Å². The molecule has 3 nitrogen and oxygen atoms in total. The zero-order valence-electron chi connectivity index (χ0n) is 12.6. The second kappa shape index (κ2) is 7.25. The van der Waals surface area contributed by atoms with Crippen molar-refractivity contribution >= 4 is 30.4 Å². The van der Waals surface area contributed by atoms with Crippen molar-refractivity contribution in [1.82, 2.24) is 4.31 Å². The molecule has 1 atom stereocenters. The Morgan fingerprint density at radius 2 is 1.57 bits per heavy atom.